The van der Waals surface area contributed by atoms with Crippen LogP contribution < -0.4 is 10.6 Å². The summed E-state index contributed by atoms with van der Waals surface area (Å²) in [6.07, 6.45) is 1.56. The molecule has 0 bridgehead atoms. The van der Waals surface area contributed by atoms with Gasteiger partial charge in [-0.25, -0.2) is 9.78 Å². The summed E-state index contributed by atoms with van der Waals surface area (Å²) >= 11 is 0. The van der Waals surface area contributed by atoms with Crippen molar-refractivity contribution in [3.8, 4) is 0 Å². The van der Waals surface area contributed by atoms with Gasteiger partial charge in [0, 0.05) is 18.8 Å². The molecule has 108 valence electrons. The number of carbonyl (C=O) groups is 2. The molecule has 1 fully saturated rings. The molecule has 0 spiro atoms. The highest BCUT2D eigenvalue weighted by Gasteiger charge is 2.28. The number of hydrogen-bond acceptors (Lipinski definition) is 4. The van der Waals surface area contributed by atoms with Gasteiger partial charge in [-0.05, 0) is 38.3 Å². The first-order valence-electron chi connectivity index (χ1n) is 6.66. The number of rotatable bonds is 3. The third-order valence-corrected chi connectivity index (χ3v) is 3.66. The lowest BCUT2D eigenvalue weighted by atomic mass is 9.96. The van der Waals surface area contributed by atoms with Crippen LogP contribution >= 0.6 is 0 Å². The first kappa shape index (κ1) is 14.3. The van der Waals surface area contributed by atoms with Crippen LogP contribution in [0.4, 0.5) is 5.82 Å². The Balaban J connectivity index is 2.41. The Morgan fingerprint density at radius 3 is 2.75 bits per heavy atom. The Bertz CT molecular complexity index is 557. The maximum atomic E-state index is 11.5. The van der Waals surface area contributed by atoms with Crippen molar-refractivity contribution >= 4 is 17.7 Å². The molecule has 1 aliphatic heterocycles. The second-order valence-corrected chi connectivity index (χ2v) is 5.27. The number of anilines is 1. The van der Waals surface area contributed by atoms with Crippen molar-refractivity contribution in [3.05, 3.63) is 22.9 Å². The van der Waals surface area contributed by atoms with Gasteiger partial charge in [0.2, 0.25) is 5.91 Å². The molecule has 2 heterocycles. The maximum absolute atomic E-state index is 11.5. The summed E-state index contributed by atoms with van der Waals surface area (Å²) in [4.78, 5) is 29.0. The van der Waals surface area contributed by atoms with Crippen molar-refractivity contribution in [2.45, 2.75) is 26.7 Å². The minimum Gasteiger partial charge on any atom is -0.478 e. The number of nitrogens with two attached hydrogens (primary N) is 1. The van der Waals surface area contributed by atoms with E-state index in [0.717, 1.165) is 18.5 Å². The van der Waals surface area contributed by atoms with Crippen LogP contribution in [0.25, 0.3) is 0 Å². The second-order valence-electron chi connectivity index (χ2n) is 5.27. The van der Waals surface area contributed by atoms with Crippen molar-refractivity contribution < 1.29 is 14.7 Å². The normalized spacial score (nSPS) is 18.9. The van der Waals surface area contributed by atoms with Gasteiger partial charge in [0.25, 0.3) is 0 Å². The van der Waals surface area contributed by atoms with Crippen LogP contribution in [0.2, 0.25) is 0 Å². The largest absolute Gasteiger partial charge is 0.478 e. The average molecular weight is 277 g/mol. The lowest BCUT2D eigenvalue weighted by molar-refractivity contribution is -0.122. The third kappa shape index (κ3) is 2.74. The molecule has 0 aliphatic carbocycles. The van der Waals surface area contributed by atoms with E-state index < -0.39 is 5.97 Å². The van der Waals surface area contributed by atoms with E-state index in [1.54, 1.807) is 13.0 Å². The number of aryl methyl sites for hydroxylation is 2. The summed E-state index contributed by atoms with van der Waals surface area (Å²) in [5, 5.41) is 9.38. The summed E-state index contributed by atoms with van der Waals surface area (Å²) in [6, 6.07) is 1.75. The van der Waals surface area contributed by atoms with Crippen LogP contribution in [0, 0.1) is 19.8 Å². The van der Waals surface area contributed by atoms with Crippen molar-refractivity contribution in [2.24, 2.45) is 11.7 Å². The number of carboxylic acid groups (broad SMARTS) is 1. The fraction of sp³-hybridized carbons (Fsp3) is 0.500. The highest BCUT2D eigenvalue weighted by molar-refractivity contribution is 5.95. The summed E-state index contributed by atoms with van der Waals surface area (Å²) in [5.74, 6) is -1.13. The molecule has 1 saturated heterocycles. The SMILES string of the molecule is Cc1cc(C)c(C(=O)O)c(N2CCCC(C(N)=O)C2)n1. The van der Waals surface area contributed by atoms with Gasteiger partial charge < -0.3 is 15.7 Å². The van der Waals surface area contributed by atoms with Gasteiger partial charge in [-0.15, -0.1) is 0 Å². The molecule has 0 saturated carbocycles. The van der Waals surface area contributed by atoms with Gasteiger partial charge >= 0.3 is 5.97 Å². The van der Waals surface area contributed by atoms with Gasteiger partial charge in [0.1, 0.15) is 11.4 Å². The summed E-state index contributed by atoms with van der Waals surface area (Å²) in [7, 11) is 0. The quantitative estimate of drug-likeness (QED) is 0.862. The molecule has 20 heavy (non-hydrogen) atoms. The number of carbonyl (C=O) groups excluding carboxylic acids is 1. The molecule has 1 aromatic rings. The molecular weight excluding hydrogens is 258 g/mol. The van der Waals surface area contributed by atoms with E-state index in [2.05, 4.69) is 4.98 Å². The smallest absolute Gasteiger partial charge is 0.339 e. The highest BCUT2D eigenvalue weighted by Crippen LogP contribution is 2.27. The van der Waals surface area contributed by atoms with Crippen LogP contribution in [-0.4, -0.2) is 35.1 Å². The number of aromatic carboxylic acids is 1. The Morgan fingerprint density at radius 1 is 1.45 bits per heavy atom. The molecule has 1 atom stereocenters. The Kier molecular flexibility index (Phi) is 3.92. The predicted molar refractivity (Wildman–Crippen MR) is 74.8 cm³/mol. The number of carboxylic acids is 1. The van der Waals surface area contributed by atoms with Gasteiger partial charge in [-0.2, -0.15) is 0 Å². The summed E-state index contributed by atoms with van der Waals surface area (Å²) in [5.41, 5.74) is 7.02. The molecule has 1 amide bonds. The van der Waals surface area contributed by atoms with Crippen LogP contribution in [0.15, 0.2) is 6.07 Å². The van der Waals surface area contributed by atoms with E-state index in [1.165, 1.54) is 0 Å². The topological polar surface area (TPSA) is 96.5 Å². The van der Waals surface area contributed by atoms with E-state index in [1.807, 2.05) is 11.8 Å². The Hall–Kier alpha value is -2.11. The van der Waals surface area contributed by atoms with Crippen molar-refractivity contribution in [2.75, 3.05) is 18.0 Å². The van der Waals surface area contributed by atoms with E-state index in [9.17, 15) is 14.7 Å². The molecule has 6 heteroatoms. The summed E-state index contributed by atoms with van der Waals surface area (Å²) in [6.45, 7) is 4.72. The van der Waals surface area contributed by atoms with Crippen LogP contribution in [0.5, 0.6) is 0 Å². The van der Waals surface area contributed by atoms with Crippen LogP contribution in [0.1, 0.15) is 34.5 Å². The first-order valence-corrected chi connectivity index (χ1v) is 6.66. The first-order chi connectivity index (χ1) is 9.40. The lowest BCUT2D eigenvalue weighted by Crippen LogP contribution is -2.42. The molecule has 1 unspecified atom stereocenters. The number of pyridine rings is 1. The van der Waals surface area contributed by atoms with Gasteiger partial charge in [0.15, 0.2) is 0 Å². The van der Waals surface area contributed by atoms with Gasteiger partial charge in [-0.1, -0.05) is 0 Å². The van der Waals surface area contributed by atoms with E-state index in [0.29, 0.717) is 24.5 Å². The second kappa shape index (κ2) is 5.48. The number of aromatic nitrogens is 1. The average Bonchev–Trinajstić information content (AvgIpc) is 2.37. The minimum atomic E-state index is -0.994. The molecule has 0 radical (unpaired) electrons. The molecule has 0 aromatic carbocycles. The zero-order valence-corrected chi connectivity index (χ0v) is 11.7. The van der Waals surface area contributed by atoms with E-state index >= 15 is 0 Å². The Morgan fingerprint density at radius 2 is 2.15 bits per heavy atom. The van der Waals surface area contributed by atoms with Gasteiger partial charge in [-0.3, -0.25) is 4.79 Å². The molecule has 1 aromatic heterocycles. The number of hydrogen-bond donors (Lipinski definition) is 2. The number of amides is 1. The highest BCUT2D eigenvalue weighted by atomic mass is 16.4. The Labute approximate surface area is 117 Å². The predicted octanol–water partition coefficient (Wildman–Crippen LogP) is 1.10. The van der Waals surface area contributed by atoms with Crippen molar-refractivity contribution in [1.29, 1.82) is 0 Å². The van der Waals surface area contributed by atoms with E-state index in [4.69, 9.17) is 5.73 Å². The summed E-state index contributed by atoms with van der Waals surface area (Å²) < 4.78 is 0. The molecule has 1 aliphatic rings. The molecular formula is C14H19N3O3. The maximum Gasteiger partial charge on any atom is 0.339 e. The fourth-order valence-electron chi connectivity index (χ4n) is 2.71. The van der Waals surface area contributed by atoms with Crippen molar-refractivity contribution in [3.63, 3.8) is 0 Å². The lowest BCUT2D eigenvalue weighted by Gasteiger charge is -2.33. The standard InChI is InChI=1S/C14H19N3O3/c1-8-6-9(2)16-13(11(8)14(19)20)17-5-3-4-10(7-17)12(15)18/h6,10H,3-5,7H2,1-2H3,(H2,15,18)(H,19,20). The monoisotopic (exact) mass is 277 g/mol. The van der Waals surface area contributed by atoms with Crippen LogP contribution in [0.3, 0.4) is 0 Å². The number of primary amides is 1. The molecule has 2 rings (SSSR count). The van der Waals surface area contributed by atoms with Gasteiger partial charge in [0.05, 0.1) is 5.92 Å². The fourth-order valence-corrected chi connectivity index (χ4v) is 2.71. The number of nitrogens with zero attached hydrogens (tertiary/aromatic N) is 2. The van der Waals surface area contributed by atoms with Crippen molar-refractivity contribution in [1.82, 2.24) is 4.98 Å². The third-order valence-electron chi connectivity index (χ3n) is 3.66. The molecule has 6 nitrogen and oxygen atoms in total. The minimum absolute atomic E-state index is 0.209. The zero-order valence-electron chi connectivity index (χ0n) is 11.7. The zero-order chi connectivity index (χ0) is 14.9. The number of piperidine rings is 1. The van der Waals surface area contributed by atoms with Crippen LogP contribution in [-0.2, 0) is 4.79 Å². The van der Waals surface area contributed by atoms with E-state index in [-0.39, 0.29) is 17.4 Å². The molecule has 3 N–H and O–H groups in total.